The van der Waals surface area contributed by atoms with Crippen molar-refractivity contribution in [2.24, 2.45) is 0 Å². The number of hydrogen-bond acceptors (Lipinski definition) is 3. The van der Waals surface area contributed by atoms with Gasteiger partial charge >= 0.3 is 8.80 Å². The Morgan fingerprint density at radius 1 is 0.905 bits per heavy atom. The molecule has 0 N–H and O–H groups in total. The molecule has 0 spiro atoms. The van der Waals surface area contributed by atoms with Crippen LogP contribution in [0.4, 0.5) is 0 Å². The molecule has 0 aliphatic heterocycles. The van der Waals surface area contributed by atoms with Crippen LogP contribution >= 0.6 is 0 Å². The van der Waals surface area contributed by atoms with Crippen LogP contribution in [-0.4, -0.2) is 28.6 Å². The Hall–Kier alpha value is -1.20. The summed E-state index contributed by atoms with van der Waals surface area (Å²) in [4.78, 5) is 0. The first-order valence-corrected chi connectivity index (χ1v) is 9.12. The van der Waals surface area contributed by atoms with E-state index in [2.05, 4.69) is 44.3 Å². The van der Waals surface area contributed by atoms with Crippen molar-refractivity contribution in [2.45, 2.75) is 27.7 Å². The Labute approximate surface area is 130 Å². The summed E-state index contributed by atoms with van der Waals surface area (Å²) in [7, 11) is -2.51. The first kappa shape index (κ1) is 19.8. The van der Waals surface area contributed by atoms with Gasteiger partial charge in [0.05, 0.1) is 0 Å². The van der Waals surface area contributed by atoms with Gasteiger partial charge in [-0.25, -0.2) is 0 Å². The van der Waals surface area contributed by atoms with Crippen LogP contribution in [0.5, 0.6) is 0 Å². The fourth-order valence-electron chi connectivity index (χ4n) is 1.61. The van der Waals surface area contributed by atoms with Gasteiger partial charge in [0.25, 0.3) is 0 Å². The second kappa shape index (κ2) is 11.5. The predicted molar refractivity (Wildman–Crippen MR) is 92.1 cm³/mol. The topological polar surface area (TPSA) is 27.7 Å². The van der Waals surface area contributed by atoms with Gasteiger partial charge in [-0.2, -0.15) is 0 Å². The summed E-state index contributed by atoms with van der Waals surface area (Å²) >= 11 is 0. The van der Waals surface area contributed by atoms with Crippen molar-refractivity contribution in [3.05, 3.63) is 54.2 Å². The second-order valence-electron chi connectivity index (χ2n) is 4.22. The molecule has 0 amide bonds. The van der Waals surface area contributed by atoms with Gasteiger partial charge in [0.1, 0.15) is 0 Å². The summed E-state index contributed by atoms with van der Waals surface area (Å²) in [6.45, 7) is 17.0. The van der Waals surface area contributed by atoms with E-state index < -0.39 is 8.80 Å². The van der Waals surface area contributed by atoms with Crippen LogP contribution in [0.15, 0.2) is 43.1 Å². The molecule has 21 heavy (non-hydrogen) atoms. The molecule has 0 aliphatic carbocycles. The fourth-order valence-corrected chi connectivity index (χ4v) is 3.42. The maximum atomic E-state index is 5.44. The molecule has 0 unspecified atom stereocenters. The van der Waals surface area contributed by atoms with Gasteiger partial charge in [-0.05, 0) is 39.0 Å². The lowest BCUT2D eigenvalue weighted by atomic mass is 10.2. The summed E-state index contributed by atoms with van der Waals surface area (Å²) in [5.74, 6) is 0. The number of hydrogen-bond donors (Lipinski definition) is 0. The summed E-state index contributed by atoms with van der Waals surface area (Å²) in [5.41, 5.74) is 4.14. The van der Waals surface area contributed by atoms with Crippen molar-refractivity contribution in [3.8, 4) is 0 Å². The molecule has 0 aromatic heterocycles. The minimum atomic E-state index is -2.51. The van der Waals surface area contributed by atoms with Gasteiger partial charge in [-0.3, -0.25) is 0 Å². The zero-order valence-electron chi connectivity index (χ0n) is 13.7. The molecular weight excluding hydrogens is 280 g/mol. The highest BCUT2D eigenvalue weighted by atomic mass is 28.4. The molecule has 1 rings (SSSR count). The number of rotatable bonds is 8. The van der Waals surface area contributed by atoms with Crippen molar-refractivity contribution in [1.29, 1.82) is 0 Å². The third kappa shape index (κ3) is 7.97. The lowest BCUT2D eigenvalue weighted by Gasteiger charge is -2.24. The quantitative estimate of drug-likeness (QED) is 0.666. The molecule has 0 atom stereocenters. The van der Waals surface area contributed by atoms with E-state index in [0.717, 1.165) is 0 Å². The first-order valence-electron chi connectivity index (χ1n) is 7.31. The van der Waals surface area contributed by atoms with E-state index in [1.807, 2.05) is 26.8 Å². The van der Waals surface area contributed by atoms with E-state index in [0.29, 0.717) is 19.8 Å². The molecule has 0 heterocycles. The van der Waals surface area contributed by atoms with Crippen LogP contribution in [-0.2, 0) is 13.3 Å². The Morgan fingerprint density at radius 2 is 1.33 bits per heavy atom. The van der Waals surface area contributed by atoms with Gasteiger partial charge in [0, 0.05) is 19.8 Å². The molecule has 1 aromatic carbocycles. The van der Waals surface area contributed by atoms with Crippen LogP contribution in [0, 0.1) is 6.92 Å². The van der Waals surface area contributed by atoms with Crippen molar-refractivity contribution in [1.82, 2.24) is 0 Å². The van der Waals surface area contributed by atoms with Gasteiger partial charge in [0.2, 0.25) is 0 Å². The molecule has 0 saturated heterocycles. The van der Waals surface area contributed by atoms with E-state index in [1.165, 1.54) is 11.1 Å². The zero-order chi connectivity index (χ0) is 16.1. The van der Waals surface area contributed by atoms with Crippen molar-refractivity contribution in [2.75, 3.05) is 19.8 Å². The van der Waals surface area contributed by atoms with E-state index >= 15 is 0 Å². The van der Waals surface area contributed by atoms with Gasteiger partial charge in [-0.1, -0.05) is 49.1 Å². The maximum Gasteiger partial charge on any atom is 0.528 e. The largest absolute Gasteiger partial charge is 0.528 e. The van der Waals surface area contributed by atoms with Crippen molar-refractivity contribution < 1.29 is 13.3 Å². The SMILES string of the molecule is C=C[Si](OCC)(OCC)OCC.C=Cc1ccc(C)cc1. The first-order chi connectivity index (χ1) is 10.1. The molecule has 4 heteroatoms. The standard InChI is InChI=1S/C9H10.C8H18O3Si/c1-3-9-6-4-8(2)5-7-9;1-5-9-12(8-4,10-6-2)11-7-3/h3-7H,1H2,2H3;8H,4-7H2,1-3H3. The van der Waals surface area contributed by atoms with Gasteiger partial charge in [0.15, 0.2) is 0 Å². The smallest absolute Gasteiger partial charge is 0.371 e. The summed E-state index contributed by atoms with van der Waals surface area (Å²) in [6.07, 6.45) is 1.85. The minimum Gasteiger partial charge on any atom is -0.371 e. The average Bonchev–Trinajstić information content (AvgIpc) is 2.49. The summed E-state index contributed by atoms with van der Waals surface area (Å²) < 4.78 is 16.3. The maximum absolute atomic E-state index is 5.44. The van der Waals surface area contributed by atoms with Crippen molar-refractivity contribution in [3.63, 3.8) is 0 Å². The normalized spacial score (nSPS) is 10.5. The summed E-state index contributed by atoms with van der Waals surface area (Å²) in [5, 5.41) is 0. The highest BCUT2D eigenvalue weighted by Crippen LogP contribution is 2.10. The molecule has 0 aliphatic rings. The lowest BCUT2D eigenvalue weighted by Crippen LogP contribution is -2.44. The molecule has 0 radical (unpaired) electrons. The summed E-state index contributed by atoms with van der Waals surface area (Å²) in [6, 6.07) is 8.28. The zero-order valence-corrected chi connectivity index (χ0v) is 14.7. The van der Waals surface area contributed by atoms with Crippen LogP contribution in [0.3, 0.4) is 0 Å². The molecule has 118 valence electrons. The second-order valence-corrected chi connectivity index (χ2v) is 6.70. The Bertz CT molecular complexity index is 384. The highest BCUT2D eigenvalue weighted by Gasteiger charge is 2.36. The molecule has 0 bridgehead atoms. The van der Waals surface area contributed by atoms with Crippen LogP contribution in [0.1, 0.15) is 31.9 Å². The monoisotopic (exact) mass is 308 g/mol. The van der Waals surface area contributed by atoms with Gasteiger partial charge < -0.3 is 13.3 Å². The number of aryl methyl sites for hydroxylation is 1. The van der Waals surface area contributed by atoms with E-state index in [1.54, 1.807) is 5.70 Å². The Kier molecular flexibility index (Phi) is 10.8. The fraction of sp³-hybridized carbons (Fsp3) is 0.412. The van der Waals surface area contributed by atoms with Crippen molar-refractivity contribution >= 4 is 14.9 Å². The van der Waals surface area contributed by atoms with Crippen LogP contribution in [0.2, 0.25) is 0 Å². The Morgan fingerprint density at radius 3 is 1.62 bits per heavy atom. The van der Waals surface area contributed by atoms with E-state index in [9.17, 15) is 0 Å². The average molecular weight is 308 g/mol. The van der Waals surface area contributed by atoms with Crippen LogP contribution in [0.25, 0.3) is 6.08 Å². The molecule has 0 saturated carbocycles. The van der Waals surface area contributed by atoms with E-state index in [-0.39, 0.29) is 0 Å². The van der Waals surface area contributed by atoms with Gasteiger partial charge in [-0.15, -0.1) is 0 Å². The van der Waals surface area contributed by atoms with Crippen LogP contribution < -0.4 is 0 Å². The Balaban J connectivity index is 0.000000394. The highest BCUT2D eigenvalue weighted by molar-refractivity contribution is 6.66. The minimum absolute atomic E-state index is 0.595. The predicted octanol–water partition coefficient (Wildman–Crippen LogP) is 4.40. The third-order valence-corrected chi connectivity index (χ3v) is 5.17. The lowest BCUT2D eigenvalue weighted by molar-refractivity contribution is 0.0844. The molecular formula is C17H28O3Si. The molecule has 3 nitrogen and oxygen atoms in total. The molecule has 0 fully saturated rings. The molecule has 1 aromatic rings. The number of benzene rings is 1. The van der Waals surface area contributed by atoms with E-state index in [4.69, 9.17) is 13.3 Å². The third-order valence-electron chi connectivity index (χ3n) is 2.60.